The number of nitrogens with zero attached hydrogens (tertiary/aromatic N) is 2. The van der Waals surface area contributed by atoms with Gasteiger partial charge < -0.3 is 9.72 Å². The van der Waals surface area contributed by atoms with Crippen molar-refractivity contribution in [3.63, 3.8) is 0 Å². The van der Waals surface area contributed by atoms with Gasteiger partial charge in [0.25, 0.3) is 0 Å². The molecule has 1 atom stereocenters. The van der Waals surface area contributed by atoms with Crippen LogP contribution in [0.4, 0.5) is 0 Å². The summed E-state index contributed by atoms with van der Waals surface area (Å²) in [5.41, 5.74) is 0.924. The van der Waals surface area contributed by atoms with E-state index in [1.54, 1.807) is 0 Å². The minimum absolute atomic E-state index is 0.429. The Labute approximate surface area is 103 Å². The minimum atomic E-state index is 0.429. The number of nitrogens with one attached hydrogen (secondary N) is 1. The second-order valence-corrected chi connectivity index (χ2v) is 4.85. The van der Waals surface area contributed by atoms with Gasteiger partial charge in [0.1, 0.15) is 5.82 Å². The third-order valence-electron chi connectivity index (χ3n) is 3.01. The van der Waals surface area contributed by atoms with Crippen LogP contribution in [0.25, 0.3) is 5.52 Å². The van der Waals surface area contributed by atoms with E-state index < -0.39 is 0 Å². The first-order valence-electron chi connectivity index (χ1n) is 5.29. The molecule has 3 heterocycles. The Morgan fingerprint density at radius 3 is 3.00 bits per heavy atom. The summed E-state index contributed by atoms with van der Waals surface area (Å²) in [7, 11) is 0. The summed E-state index contributed by atoms with van der Waals surface area (Å²) in [6.07, 6.45) is 2.98. The Hall–Kier alpha value is -0.770. The number of halogens is 2. The zero-order valence-corrected chi connectivity index (χ0v) is 10.1. The maximum absolute atomic E-state index is 6.11. The zero-order chi connectivity index (χ0) is 11.1. The number of aromatic nitrogens is 2. The third kappa shape index (κ3) is 1.59. The highest BCUT2D eigenvalue weighted by atomic mass is 35.5. The summed E-state index contributed by atoms with van der Waals surface area (Å²) in [5.74, 6) is 1.44. The molecule has 0 aliphatic carbocycles. The Bertz CT molecular complexity index is 529. The molecule has 0 radical (unpaired) electrons. The molecule has 0 bridgehead atoms. The van der Waals surface area contributed by atoms with Crippen LogP contribution in [0.2, 0.25) is 10.2 Å². The second-order valence-electron chi connectivity index (χ2n) is 4.05. The fourth-order valence-electron chi connectivity index (χ4n) is 2.21. The molecule has 1 N–H and O–H groups in total. The van der Waals surface area contributed by atoms with Crippen molar-refractivity contribution in [2.24, 2.45) is 0 Å². The van der Waals surface area contributed by atoms with Crippen LogP contribution in [0.5, 0.6) is 0 Å². The van der Waals surface area contributed by atoms with Gasteiger partial charge in [-0.1, -0.05) is 23.2 Å². The summed E-state index contributed by atoms with van der Waals surface area (Å²) in [6, 6.07) is 3.74. The summed E-state index contributed by atoms with van der Waals surface area (Å²) < 4.78 is 2.00. The second kappa shape index (κ2) is 3.91. The quantitative estimate of drug-likeness (QED) is 0.850. The Balaban J connectivity index is 2.19. The lowest BCUT2D eigenvalue weighted by Gasteiger charge is -2.07. The summed E-state index contributed by atoms with van der Waals surface area (Å²) >= 11 is 12.1. The molecule has 0 aromatic carbocycles. The van der Waals surface area contributed by atoms with E-state index in [4.69, 9.17) is 23.2 Å². The van der Waals surface area contributed by atoms with Crippen LogP contribution in [0.3, 0.4) is 0 Å². The molecule has 84 valence electrons. The molecule has 0 spiro atoms. The van der Waals surface area contributed by atoms with Crippen molar-refractivity contribution in [3.8, 4) is 0 Å². The molecule has 1 fully saturated rings. The van der Waals surface area contributed by atoms with E-state index in [-0.39, 0.29) is 0 Å². The van der Waals surface area contributed by atoms with Crippen molar-refractivity contribution in [3.05, 3.63) is 34.3 Å². The molecule has 5 heteroatoms. The van der Waals surface area contributed by atoms with Gasteiger partial charge in [-0.3, -0.25) is 0 Å². The van der Waals surface area contributed by atoms with Crippen molar-refractivity contribution in [1.82, 2.24) is 14.7 Å². The van der Waals surface area contributed by atoms with Crippen LogP contribution in [-0.2, 0) is 0 Å². The highest BCUT2D eigenvalue weighted by Crippen LogP contribution is 2.27. The first-order chi connectivity index (χ1) is 7.75. The maximum atomic E-state index is 6.11. The van der Waals surface area contributed by atoms with E-state index in [1.807, 2.05) is 22.7 Å². The lowest BCUT2D eigenvalue weighted by molar-refractivity contribution is 0.699. The normalized spacial score (nSPS) is 20.8. The third-order valence-corrected chi connectivity index (χ3v) is 3.51. The molecule has 0 amide bonds. The molecule has 1 aliphatic heterocycles. The van der Waals surface area contributed by atoms with Gasteiger partial charge in [0.05, 0.1) is 10.5 Å². The number of pyridine rings is 1. The first-order valence-corrected chi connectivity index (χ1v) is 6.05. The van der Waals surface area contributed by atoms with Crippen LogP contribution in [0.15, 0.2) is 18.3 Å². The number of hydrogen-bond donors (Lipinski definition) is 1. The standard InChI is InChI=1S/C11H11Cl2N3/c12-8-1-2-9-10(13)15-11(16(9)6-8)7-3-4-14-5-7/h1-2,6-7,14H,3-5H2. The summed E-state index contributed by atoms with van der Waals surface area (Å²) in [6.45, 7) is 2.00. The van der Waals surface area contributed by atoms with E-state index in [0.29, 0.717) is 16.1 Å². The van der Waals surface area contributed by atoms with Crippen LogP contribution in [0, 0.1) is 0 Å². The molecule has 16 heavy (non-hydrogen) atoms. The SMILES string of the molecule is Clc1ccc2c(Cl)nc(C3CCNC3)n2c1. The largest absolute Gasteiger partial charge is 0.316 e. The monoisotopic (exact) mass is 255 g/mol. The van der Waals surface area contributed by atoms with E-state index in [2.05, 4.69) is 10.3 Å². The molecule has 1 saturated heterocycles. The van der Waals surface area contributed by atoms with E-state index in [0.717, 1.165) is 30.9 Å². The Morgan fingerprint density at radius 1 is 1.38 bits per heavy atom. The minimum Gasteiger partial charge on any atom is -0.316 e. The zero-order valence-electron chi connectivity index (χ0n) is 8.58. The van der Waals surface area contributed by atoms with Crippen LogP contribution in [-0.4, -0.2) is 22.5 Å². The summed E-state index contributed by atoms with van der Waals surface area (Å²) in [5, 5.41) is 4.59. The predicted molar refractivity (Wildman–Crippen MR) is 65.4 cm³/mol. The van der Waals surface area contributed by atoms with Crippen molar-refractivity contribution < 1.29 is 0 Å². The molecule has 0 saturated carbocycles. The topological polar surface area (TPSA) is 29.3 Å². The van der Waals surface area contributed by atoms with Crippen molar-refractivity contribution >= 4 is 28.7 Å². The average molecular weight is 256 g/mol. The molecule has 2 aromatic heterocycles. The van der Waals surface area contributed by atoms with Gasteiger partial charge in [-0.25, -0.2) is 4.98 Å². The lowest BCUT2D eigenvalue weighted by Crippen LogP contribution is -2.10. The van der Waals surface area contributed by atoms with Gasteiger partial charge in [0.2, 0.25) is 0 Å². The molecule has 1 unspecified atom stereocenters. The molecular weight excluding hydrogens is 245 g/mol. The van der Waals surface area contributed by atoms with E-state index in [1.165, 1.54) is 0 Å². The fraction of sp³-hybridized carbons (Fsp3) is 0.364. The smallest absolute Gasteiger partial charge is 0.155 e. The van der Waals surface area contributed by atoms with Crippen molar-refractivity contribution in [2.45, 2.75) is 12.3 Å². The van der Waals surface area contributed by atoms with Gasteiger partial charge in [-0.15, -0.1) is 0 Å². The molecule has 3 nitrogen and oxygen atoms in total. The molecule has 3 rings (SSSR count). The van der Waals surface area contributed by atoms with Crippen LogP contribution < -0.4 is 5.32 Å². The average Bonchev–Trinajstić information content (AvgIpc) is 2.86. The predicted octanol–water partition coefficient (Wildman–Crippen LogP) is 2.72. The van der Waals surface area contributed by atoms with Gasteiger partial charge in [0, 0.05) is 18.7 Å². The molecular formula is C11H11Cl2N3. The van der Waals surface area contributed by atoms with Crippen LogP contribution in [0.1, 0.15) is 18.2 Å². The van der Waals surface area contributed by atoms with Gasteiger partial charge in [0.15, 0.2) is 5.15 Å². The molecule has 2 aromatic rings. The van der Waals surface area contributed by atoms with Crippen LogP contribution >= 0.6 is 23.2 Å². The number of rotatable bonds is 1. The van der Waals surface area contributed by atoms with E-state index in [9.17, 15) is 0 Å². The van der Waals surface area contributed by atoms with Crippen molar-refractivity contribution in [2.75, 3.05) is 13.1 Å². The molecule has 1 aliphatic rings. The maximum Gasteiger partial charge on any atom is 0.155 e. The van der Waals surface area contributed by atoms with Gasteiger partial charge in [-0.2, -0.15) is 0 Å². The highest BCUT2D eigenvalue weighted by Gasteiger charge is 2.22. The van der Waals surface area contributed by atoms with E-state index >= 15 is 0 Å². The lowest BCUT2D eigenvalue weighted by atomic mass is 10.1. The number of hydrogen-bond acceptors (Lipinski definition) is 2. The highest BCUT2D eigenvalue weighted by molar-refractivity contribution is 6.33. The first kappa shape index (κ1) is 10.4. The fourth-order valence-corrected chi connectivity index (χ4v) is 2.61. The Kier molecular flexibility index (Phi) is 2.54. The Morgan fingerprint density at radius 2 is 2.25 bits per heavy atom. The van der Waals surface area contributed by atoms with Gasteiger partial charge >= 0.3 is 0 Å². The van der Waals surface area contributed by atoms with Crippen molar-refractivity contribution in [1.29, 1.82) is 0 Å². The van der Waals surface area contributed by atoms with Gasteiger partial charge in [-0.05, 0) is 25.1 Å². The number of imidazole rings is 1. The summed E-state index contributed by atoms with van der Waals surface area (Å²) in [4.78, 5) is 4.44. The number of fused-ring (bicyclic) bond motifs is 1.